The van der Waals surface area contributed by atoms with Crippen LogP contribution in [0.25, 0.3) is 20.9 Å². The van der Waals surface area contributed by atoms with E-state index in [1.165, 1.54) is 17.4 Å². The lowest BCUT2D eigenvalue weighted by atomic mass is 9.83. The highest BCUT2D eigenvalue weighted by Gasteiger charge is 2.23. The van der Waals surface area contributed by atoms with E-state index in [2.05, 4.69) is 11.4 Å². The molecule has 1 radical (unpaired) electrons. The second kappa shape index (κ2) is 6.68. The van der Waals surface area contributed by atoms with Crippen molar-refractivity contribution >= 4 is 21.7 Å². The maximum absolute atomic E-state index is 14.7. The van der Waals surface area contributed by atoms with Gasteiger partial charge in [-0.05, 0) is 49.9 Å². The molecule has 1 aliphatic carbocycles. The van der Waals surface area contributed by atoms with E-state index < -0.39 is 6.29 Å². The van der Waals surface area contributed by atoms with Crippen LogP contribution in [0.3, 0.4) is 0 Å². The molecule has 0 spiro atoms. The molecule has 2 aliphatic rings. The van der Waals surface area contributed by atoms with Crippen molar-refractivity contribution in [3.05, 3.63) is 53.8 Å². The minimum atomic E-state index is -0.481. The predicted octanol–water partition coefficient (Wildman–Crippen LogP) is 5.01. The maximum Gasteiger partial charge on any atom is 0.183 e. The predicted molar refractivity (Wildman–Crippen MR) is 98.3 cm³/mol. The summed E-state index contributed by atoms with van der Waals surface area (Å²) in [6.07, 6.45) is 4.99. The zero-order valence-electron chi connectivity index (χ0n) is 14.2. The SMILES string of the molecule is Fc1cc(C2OCCCO2)ccc1-c1nc2ccc(C3[CH]CC3)nc2s1. The van der Waals surface area contributed by atoms with Gasteiger partial charge in [0.15, 0.2) is 6.29 Å². The van der Waals surface area contributed by atoms with Crippen LogP contribution in [0, 0.1) is 12.2 Å². The van der Waals surface area contributed by atoms with E-state index in [9.17, 15) is 4.39 Å². The molecule has 3 aromatic rings. The standard InChI is InChI=1S/C20H18FN2O2S/c21-15-11-13(20-24-9-2-10-25-20)5-6-14(15)18-23-17-8-7-16(12-3-1-4-12)22-19(17)26-18/h3,5-8,11-12,20H,1-2,4,9-10H2. The number of fused-ring (bicyclic) bond motifs is 1. The number of halogens is 1. The minimum Gasteiger partial charge on any atom is -0.348 e. The Balaban J connectivity index is 1.46. The third kappa shape index (κ3) is 2.92. The summed E-state index contributed by atoms with van der Waals surface area (Å²) >= 11 is 1.43. The molecule has 2 fully saturated rings. The van der Waals surface area contributed by atoms with Gasteiger partial charge in [-0.3, -0.25) is 0 Å². The van der Waals surface area contributed by atoms with Crippen LogP contribution in [0.4, 0.5) is 4.39 Å². The highest BCUT2D eigenvalue weighted by Crippen LogP contribution is 2.37. The second-order valence-corrected chi connectivity index (χ2v) is 7.64. The molecule has 1 aliphatic heterocycles. The summed E-state index contributed by atoms with van der Waals surface area (Å²) in [4.78, 5) is 10.2. The summed E-state index contributed by atoms with van der Waals surface area (Å²) in [6.45, 7) is 1.27. The number of nitrogens with zero attached hydrogens (tertiary/aromatic N) is 2. The number of thiazole rings is 1. The van der Waals surface area contributed by atoms with Gasteiger partial charge in [0, 0.05) is 22.7 Å². The van der Waals surface area contributed by atoms with E-state index >= 15 is 0 Å². The van der Waals surface area contributed by atoms with Crippen molar-refractivity contribution in [2.75, 3.05) is 13.2 Å². The lowest BCUT2D eigenvalue weighted by Gasteiger charge is -2.23. The molecule has 0 amide bonds. The maximum atomic E-state index is 14.7. The highest BCUT2D eigenvalue weighted by molar-refractivity contribution is 7.21. The molecule has 133 valence electrons. The Morgan fingerprint density at radius 1 is 1.08 bits per heavy atom. The van der Waals surface area contributed by atoms with Crippen molar-refractivity contribution in [3.8, 4) is 10.6 Å². The lowest BCUT2D eigenvalue weighted by molar-refractivity contribution is -0.183. The van der Waals surface area contributed by atoms with E-state index in [1.807, 2.05) is 18.2 Å². The fourth-order valence-corrected chi connectivity index (χ4v) is 4.26. The molecule has 1 aromatic carbocycles. The lowest BCUT2D eigenvalue weighted by Crippen LogP contribution is -2.17. The van der Waals surface area contributed by atoms with E-state index in [0.29, 0.717) is 35.3 Å². The van der Waals surface area contributed by atoms with Gasteiger partial charge in [-0.2, -0.15) is 0 Å². The van der Waals surface area contributed by atoms with Crippen molar-refractivity contribution in [1.29, 1.82) is 0 Å². The number of hydrogen-bond acceptors (Lipinski definition) is 5. The van der Waals surface area contributed by atoms with Crippen LogP contribution in [-0.2, 0) is 9.47 Å². The quantitative estimate of drug-likeness (QED) is 0.651. The molecule has 0 bridgehead atoms. The first-order valence-electron chi connectivity index (χ1n) is 8.92. The van der Waals surface area contributed by atoms with Crippen molar-refractivity contribution in [2.24, 2.45) is 0 Å². The topological polar surface area (TPSA) is 44.2 Å². The van der Waals surface area contributed by atoms with Crippen molar-refractivity contribution in [2.45, 2.75) is 31.5 Å². The molecule has 1 saturated carbocycles. The Hall–Kier alpha value is -1.89. The average Bonchev–Trinajstić information content (AvgIpc) is 3.04. The summed E-state index contributed by atoms with van der Waals surface area (Å²) in [6, 6.07) is 9.11. The summed E-state index contributed by atoms with van der Waals surface area (Å²) < 4.78 is 25.8. The van der Waals surface area contributed by atoms with E-state index in [1.54, 1.807) is 6.07 Å². The first-order chi connectivity index (χ1) is 12.8. The molecule has 3 heterocycles. The average molecular weight is 369 g/mol. The molecule has 2 aromatic heterocycles. The van der Waals surface area contributed by atoms with Crippen LogP contribution < -0.4 is 0 Å². The fraction of sp³-hybridized carbons (Fsp3) is 0.350. The van der Waals surface area contributed by atoms with Crippen molar-refractivity contribution in [3.63, 3.8) is 0 Å². The molecule has 1 unspecified atom stereocenters. The van der Waals surface area contributed by atoms with Gasteiger partial charge in [-0.25, -0.2) is 14.4 Å². The minimum absolute atomic E-state index is 0.313. The Labute approximate surface area is 155 Å². The van der Waals surface area contributed by atoms with Crippen LogP contribution in [0.5, 0.6) is 0 Å². The van der Waals surface area contributed by atoms with E-state index in [-0.39, 0.29) is 5.82 Å². The van der Waals surface area contributed by atoms with Crippen molar-refractivity contribution < 1.29 is 13.9 Å². The third-order valence-electron chi connectivity index (χ3n) is 4.91. The van der Waals surface area contributed by atoms with E-state index in [4.69, 9.17) is 14.5 Å². The molecule has 1 saturated heterocycles. The van der Waals surface area contributed by atoms with Gasteiger partial charge < -0.3 is 9.47 Å². The molecule has 26 heavy (non-hydrogen) atoms. The van der Waals surface area contributed by atoms with Crippen LogP contribution >= 0.6 is 11.3 Å². The van der Waals surface area contributed by atoms with Gasteiger partial charge in [0.2, 0.25) is 0 Å². The smallest absolute Gasteiger partial charge is 0.183 e. The first-order valence-corrected chi connectivity index (χ1v) is 9.73. The fourth-order valence-electron chi connectivity index (χ4n) is 3.29. The second-order valence-electron chi connectivity index (χ2n) is 6.67. The molecular formula is C20H18FN2O2S. The van der Waals surface area contributed by atoms with Crippen LogP contribution in [0.2, 0.25) is 0 Å². The summed E-state index contributed by atoms with van der Waals surface area (Å²) in [5.74, 6) is 0.142. The number of benzene rings is 1. The van der Waals surface area contributed by atoms with Gasteiger partial charge in [-0.15, -0.1) is 0 Å². The molecular weight excluding hydrogens is 351 g/mol. The number of ether oxygens (including phenoxy) is 2. The third-order valence-corrected chi connectivity index (χ3v) is 5.91. The van der Waals surface area contributed by atoms with Gasteiger partial charge >= 0.3 is 0 Å². The number of aromatic nitrogens is 2. The normalized spacial score (nSPS) is 19.0. The molecule has 0 N–H and O–H groups in total. The Morgan fingerprint density at radius 2 is 1.92 bits per heavy atom. The van der Waals surface area contributed by atoms with Crippen LogP contribution in [0.15, 0.2) is 30.3 Å². The summed E-state index contributed by atoms with van der Waals surface area (Å²) in [7, 11) is 0. The van der Waals surface area contributed by atoms with Crippen LogP contribution in [0.1, 0.15) is 42.7 Å². The summed E-state index contributed by atoms with van der Waals surface area (Å²) in [5, 5.41) is 0.650. The van der Waals surface area contributed by atoms with Gasteiger partial charge in [0.1, 0.15) is 21.2 Å². The van der Waals surface area contributed by atoms with Gasteiger partial charge in [0.25, 0.3) is 0 Å². The largest absolute Gasteiger partial charge is 0.348 e. The zero-order valence-corrected chi connectivity index (χ0v) is 15.0. The Bertz CT molecular complexity index is 948. The molecule has 6 heteroatoms. The molecule has 4 nitrogen and oxygen atoms in total. The molecule has 1 atom stereocenters. The number of rotatable bonds is 3. The van der Waals surface area contributed by atoms with Gasteiger partial charge in [-0.1, -0.05) is 17.4 Å². The first kappa shape index (κ1) is 16.3. The monoisotopic (exact) mass is 369 g/mol. The zero-order chi connectivity index (χ0) is 17.5. The number of hydrogen-bond donors (Lipinski definition) is 0. The molecule has 5 rings (SSSR count). The van der Waals surface area contributed by atoms with Crippen molar-refractivity contribution in [1.82, 2.24) is 9.97 Å². The van der Waals surface area contributed by atoms with Crippen LogP contribution in [-0.4, -0.2) is 23.2 Å². The van der Waals surface area contributed by atoms with E-state index in [0.717, 1.165) is 35.3 Å². The number of pyridine rings is 1. The Morgan fingerprint density at radius 3 is 2.65 bits per heavy atom. The highest BCUT2D eigenvalue weighted by atomic mass is 32.1. The summed E-state index contributed by atoms with van der Waals surface area (Å²) in [5.41, 5.74) is 3.09. The Kier molecular flexibility index (Phi) is 4.19. The van der Waals surface area contributed by atoms with Gasteiger partial charge in [0.05, 0.1) is 13.2 Å².